The quantitative estimate of drug-likeness (QED) is 0.536. The highest BCUT2D eigenvalue weighted by molar-refractivity contribution is 14.1. The molecular weight excluding hydrogens is 452 g/mol. The summed E-state index contributed by atoms with van der Waals surface area (Å²) in [4.78, 5) is 24.4. The number of imide groups is 1. The van der Waals surface area contributed by atoms with Crippen LogP contribution in [-0.4, -0.2) is 35.0 Å². The number of aliphatic hydroxyl groups is 1. The number of anilines is 1. The van der Waals surface area contributed by atoms with Crippen molar-refractivity contribution in [2.75, 3.05) is 18.5 Å². The third-order valence-corrected chi connectivity index (χ3v) is 4.11. The SMILES string of the molecule is O=C1C=C(Nc2c(Cl)cc(C(F)(F)F)cc2I)C(=O)N1CCO. The van der Waals surface area contributed by atoms with Gasteiger partial charge in [-0.05, 0) is 34.7 Å². The van der Waals surface area contributed by atoms with Crippen LogP contribution in [0.5, 0.6) is 0 Å². The number of halogens is 5. The van der Waals surface area contributed by atoms with Crippen LogP contribution in [0.15, 0.2) is 23.9 Å². The Labute approximate surface area is 147 Å². The molecule has 0 spiro atoms. The summed E-state index contributed by atoms with van der Waals surface area (Å²) in [5.41, 5.74) is -0.941. The molecule has 0 fully saturated rings. The molecule has 0 aliphatic carbocycles. The van der Waals surface area contributed by atoms with Crippen molar-refractivity contribution < 1.29 is 27.9 Å². The van der Waals surface area contributed by atoms with Crippen LogP contribution >= 0.6 is 34.2 Å². The molecule has 1 aliphatic heterocycles. The van der Waals surface area contributed by atoms with Crippen molar-refractivity contribution in [3.63, 3.8) is 0 Å². The third-order valence-electron chi connectivity index (χ3n) is 2.96. The number of rotatable bonds is 4. The summed E-state index contributed by atoms with van der Waals surface area (Å²) in [6.07, 6.45) is -3.54. The first-order valence-electron chi connectivity index (χ1n) is 6.16. The summed E-state index contributed by atoms with van der Waals surface area (Å²) in [5, 5.41) is 11.2. The van der Waals surface area contributed by atoms with Gasteiger partial charge in [-0.25, -0.2) is 0 Å². The largest absolute Gasteiger partial charge is 0.416 e. The minimum atomic E-state index is -4.54. The van der Waals surface area contributed by atoms with E-state index in [9.17, 15) is 22.8 Å². The molecule has 1 heterocycles. The maximum atomic E-state index is 12.7. The smallest absolute Gasteiger partial charge is 0.395 e. The Morgan fingerprint density at radius 1 is 1.30 bits per heavy atom. The molecule has 0 saturated carbocycles. The Bertz CT molecular complexity index is 683. The Morgan fingerprint density at radius 3 is 2.48 bits per heavy atom. The lowest BCUT2D eigenvalue weighted by Gasteiger charge is -2.16. The third kappa shape index (κ3) is 3.78. The molecule has 0 radical (unpaired) electrons. The number of nitrogens with one attached hydrogen (secondary N) is 1. The van der Waals surface area contributed by atoms with E-state index in [1.807, 2.05) is 0 Å². The lowest BCUT2D eigenvalue weighted by Crippen LogP contribution is -2.34. The number of alkyl halides is 3. The molecule has 0 bridgehead atoms. The van der Waals surface area contributed by atoms with Crippen molar-refractivity contribution in [3.8, 4) is 0 Å². The van der Waals surface area contributed by atoms with Crippen LogP contribution < -0.4 is 5.32 Å². The predicted octanol–water partition coefficient (Wildman–Crippen LogP) is 2.62. The summed E-state index contributed by atoms with van der Waals surface area (Å²) >= 11 is 7.50. The van der Waals surface area contributed by atoms with Gasteiger partial charge < -0.3 is 10.4 Å². The first kappa shape index (κ1) is 18.0. The minimum absolute atomic E-state index is 0.0958. The van der Waals surface area contributed by atoms with E-state index < -0.39 is 30.2 Å². The fraction of sp³-hybridized carbons (Fsp3) is 0.231. The van der Waals surface area contributed by atoms with Crippen LogP contribution in [-0.2, 0) is 15.8 Å². The molecule has 0 unspecified atom stereocenters. The van der Waals surface area contributed by atoms with Gasteiger partial charge in [0.25, 0.3) is 11.8 Å². The normalized spacial score (nSPS) is 15.2. The van der Waals surface area contributed by atoms with Crippen molar-refractivity contribution in [2.24, 2.45) is 0 Å². The van der Waals surface area contributed by atoms with Crippen LogP contribution in [0.25, 0.3) is 0 Å². The Kier molecular flexibility index (Phi) is 5.21. The van der Waals surface area contributed by atoms with Crippen molar-refractivity contribution in [2.45, 2.75) is 6.18 Å². The Balaban J connectivity index is 2.30. The van der Waals surface area contributed by atoms with Gasteiger partial charge in [0, 0.05) is 9.65 Å². The molecule has 1 aromatic rings. The molecule has 2 rings (SSSR count). The highest BCUT2D eigenvalue weighted by atomic mass is 127. The number of hydrogen-bond donors (Lipinski definition) is 2. The Morgan fingerprint density at radius 2 is 1.96 bits per heavy atom. The van der Waals surface area contributed by atoms with Crippen LogP contribution in [0.2, 0.25) is 5.02 Å². The average molecular weight is 461 g/mol. The van der Waals surface area contributed by atoms with E-state index in [1.165, 1.54) is 0 Å². The van der Waals surface area contributed by atoms with Gasteiger partial charge in [0.1, 0.15) is 5.70 Å². The second-order valence-corrected chi connectivity index (χ2v) is 6.08. The monoisotopic (exact) mass is 460 g/mol. The fourth-order valence-electron chi connectivity index (χ4n) is 1.90. The van der Waals surface area contributed by atoms with Gasteiger partial charge in [0.05, 0.1) is 29.4 Å². The van der Waals surface area contributed by atoms with Gasteiger partial charge in [-0.2, -0.15) is 13.2 Å². The number of aliphatic hydroxyl groups excluding tert-OH is 1. The zero-order valence-electron chi connectivity index (χ0n) is 11.2. The van der Waals surface area contributed by atoms with Gasteiger partial charge >= 0.3 is 6.18 Å². The number of hydrogen-bond acceptors (Lipinski definition) is 4. The summed E-state index contributed by atoms with van der Waals surface area (Å²) in [6.45, 7) is -0.561. The van der Waals surface area contributed by atoms with Crippen LogP contribution in [0.3, 0.4) is 0 Å². The van der Waals surface area contributed by atoms with Crippen molar-refractivity contribution in [1.29, 1.82) is 0 Å². The van der Waals surface area contributed by atoms with Crippen molar-refractivity contribution >= 4 is 51.7 Å². The number of carbonyl (C=O) groups is 2. The lowest BCUT2D eigenvalue weighted by molar-refractivity contribution is -0.138. The zero-order chi connectivity index (χ0) is 17.4. The van der Waals surface area contributed by atoms with E-state index in [0.29, 0.717) is 0 Å². The second kappa shape index (κ2) is 6.65. The van der Waals surface area contributed by atoms with Gasteiger partial charge in [-0.3, -0.25) is 14.5 Å². The topological polar surface area (TPSA) is 69.6 Å². The molecule has 2 N–H and O–H groups in total. The molecule has 23 heavy (non-hydrogen) atoms. The first-order valence-corrected chi connectivity index (χ1v) is 7.62. The van der Waals surface area contributed by atoms with E-state index >= 15 is 0 Å². The van der Waals surface area contributed by atoms with E-state index in [0.717, 1.165) is 23.1 Å². The molecule has 5 nitrogen and oxygen atoms in total. The molecule has 124 valence electrons. The minimum Gasteiger partial charge on any atom is -0.395 e. The molecule has 1 aromatic carbocycles. The molecule has 0 atom stereocenters. The van der Waals surface area contributed by atoms with Crippen LogP contribution in [0.4, 0.5) is 18.9 Å². The summed E-state index contributed by atoms with van der Waals surface area (Å²) in [5.74, 6) is -1.31. The predicted molar refractivity (Wildman–Crippen MR) is 84.7 cm³/mol. The highest BCUT2D eigenvalue weighted by Crippen LogP contribution is 2.37. The number of benzene rings is 1. The molecule has 1 aliphatic rings. The first-order chi connectivity index (χ1) is 10.6. The molecule has 2 amide bonds. The maximum Gasteiger partial charge on any atom is 0.416 e. The van der Waals surface area contributed by atoms with Crippen molar-refractivity contribution in [3.05, 3.63) is 38.1 Å². The van der Waals surface area contributed by atoms with E-state index in [2.05, 4.69) is 5.32 Å². The van der Waals surface area contributed by atoms with Gasteiger partial charge in [0.2, 0.25) is 0 Å². The molecule has 0 aromatic heterocycles. The lowest BCUT2D eigenvalue weighted by atomic mass is 10.2. The summed E-state index contributed by atoms with van der Waals surface area (Å²) in [7, 11) is 0. The number of nitrogens with zero attached hydrogens (tertiary/aromatic N) is 1. The van der Waals surface area contributed by atoms with Crippen LogP contribution in [0, 0.1) is 3.57 Å². The number of carbonyl (C=O) groups excluding carboxylic acids is 2. The van der Waals surface area contributed by atoms with Gasteiger partial charge in [-0.15, -0.1) is 0 Å². The van der Waals surface area contributed by atoms with E-state index in [1.54, 1.807) is 22.6 Å². The molecular formula is C13H9ClF3IN2O3. The van der Waals surface area contributed by atoms with E-state index in [4.69, 9.17) is 16.7 Å². The van der Waals surface area contributed by atoms with Gasteiger partial charge in [0.15, 0.2) is 0 Å². The summed E-state index contributed by atoms with van der Waals surface area (Å²) in [6, 6.07) is 1.61. The average Bonchev–Trinajstić information content (AvgIpc) is 2.69. The number of amides is 2. The van der Waals surface area contributed by atoms with Crippen molar-refractivity contribution in [1.82, 2.24) is 4.90 Å². The summed E-state index contributed by atoms with van der Waals surface area (Å²) < 4.78 is 38.3. The fourth-order valence-corrected chi connectivity index (χ4v) is 3.09. The molecule has 0 saturated heterocycles. The molecule has 10 heteroatoms. The van der Waals surface area contributed by atoms with Crippen LogP contribution in [0.1, 0.15) is 5.56 Å². The van der Waals surface area contributed by atoms with Gasteiger partial charge in [-0.1, -0.05) is 11.6 Å². The maximum absolute atomic E-state index is 12.7. The Hall–Kier alpha value is -1.33. The standard InChI is InChI=1S/C13H9ClF3IN2O3/c14-7-3-6(13(15,16)17)4-8(18)11(7)19-9-5-10(22)20(1-2-21)12(9)23/h3-5,19,21H,1-2H2. The second-order valence-electron chi connectivity index (χ2n) is 4.51. The zero-order valence-corrected chi connectivity index (χ0v) is 14.2. The number of β-amino-alcohol motifs (C(OH)–C–C–N with tert-alkyl or cyclic N) is 1. The highest BCUT2D eigenvalue weighted by Gasteiger charge is 2.34. The van der Waals surface area contributed by atoms with E-state index in [-0.39, 0.29) is 26.5 Å².